The number of benzene rings is 3. The van der Waals surface area contributed by atoms with Gasteiger partial charge in [-0.3, -0.25) is 19.8 Å². The van der Waals surface area contributed by atoms with Crippen molar-refractivity contribution < 1.29 is 19.2 Å². The molecule has 2 heterocycles. The molecule has 3 aromatic rings. The predicted octanol–water partition coefficient (Wildman–Crippen LogP) is 4.45. The Morgan fingerprint density at radius 2 is 1.89 bits per heavy atom. The summed E-state index contributed by atoms with van der Waals surface area (Å²) in [6.45, 7) is 0.579. The molecule has 0 unspecified atom stereocenters. The molecule has 0 saturated carbocycles. The van der Waals surface area contributed by atoms with Crippen LogP contribution in [0.1, 0.15) is 22.6 Å². The molecule has 180 valence electrons. The number of methoxy groups -OCH3 is 1. The molecule has 8 nitrogen and oxygen atoms in total. The minimum Gasteiger partial charge on any atom is -0.493 e. The molecule has 2 aliphatic heterocycles. The molecule has 9 heteroatoms. The van der Waals surface area contributed by atoms with E-state index in [0.29, 0.717) is 39.9 Å². The number of nitrogens with one attached hydrogen (secondary N) is 1. The second-order valence-corrected chi connectivity index (χ2v) is 9.18. The smallest absolute Gasteiger partial charge is 0.256 e. The van der Waals surface area contributed by atoms with Crippen LogP contribution in [0.4, 0.5) is 5.69 Å². The Morgan fingerprint density at radius 1 is 1.14 bits per heavy atom. The number of halogens is 1. The number of nitrogens with zero attached hydrogens (tertiary/aromatic N) is 2. The lowest BCUT2D eigenvalue weighted by atomic mass is 9.79. The van der Waals surface area contributed by atoms with Gasteiger partial charge in [-0.1, -0.05) is 54.1 Å². The van der Waals surface area contributed by atoms with Crippen LogP contribution in [0.25, 0.3) is 0 Å². The predicted molar refractivity (Wildman–Crippen MR) is 132 cm³/mol. The van der Waals surface area contributed by atoms with Crippen LogP contribution in [0.2, 0.25) is 5.02 Å². The summed E-state index contributed by atoms with van der Waals surface area (Å²) in [5.74, 6) is 0.0332. The van der Waals surface area contributed by atoms with Crippen molar-refractivity contribution in [1.82, 2.24) is 4.90 Å². The zero-order valence-corrected chi connectivity index (χ0v) is 20.0. The minimum atomic E-state index is -1.39. The molecule has 1 N–H and O–H groups in total. The molecule has 0 aliphatic carbocycles. The second-order valence-electron chi connectivity index (χ2n) is 8.77. The summed E-state index contributed by atoms with van der Waals surface area (Å²) in [5, 5.41) is 15.9. The minimum absolute atomic E-state index is 0.249. The average molecular weight is 494 g/mol. The van der Waals surface area contributed by atoms with E-state index in [1.165, 1.54) is 7.11 Å². The van der Waals surface area contributed by atoms with Crippen LogP contribution < -0.4 is 14.8 Å². The van der Waals surface area contributed by atoms with Gasteiger partial charge in [0.15, 0.2) is 17.0 Å². The van der Waals surface area contributed by atoms with Crippen LogP contribution in [0.5, 0.6) is 11.5 Å². The number of para-hydroxylation sites is 1. The van der Waals surface area contributed by atoms with Gasteiger partial charge < -0.3 is 14.8 Å². The van der Waals surface area contributed by atoms with Gasteiger partial charge in [0.05, 0.1) is 13.0 Å². The maximum absolute atomic E-state index is 13.3. The van der Waals surface area contributed by atoms with Gasteiger partial charge in [0, 0.05) is 33.3 Å². The SMILES string of the molecule is COc1cc([C@@H]2CN(C)[C@@]3(C(=O)Nc4ccccc43)[C@@H]2[N+](=O)[O-])ccc1OCc1ccccc1Cl. The highest BCUT2D eigenvalue weighted by Gasteiger charge is 2.68. The number of carbonyl (C=O) groups excluding carboxylic acids is 1. The number of rotatable bonds is 6. The Kier molecular flexibility index (Phi) is 5.86. The molecule has 0 aromatic heterocycles. The monoisotopic (exact) mass is 493 g/mol. The molecule has 2 aliphatic rings. The van der Waals surface area contributed by atoms with Gasteiger partial charge in [-0.25, -0.2) is 0 Å². The number of nitro groups is 1. The van der Waals surface area contributed by atoms with Crippen LogP contribution in [0.15, 0.2) is 66.7 Å². The van der Waals surface area contributed by atoms with Crippen LogP contribution >= 0.6 is 11.6 Å². The summed E-state index contributed by atoms with van der Waals surface area (Å²) in [4.78, 5) is 27.2. The Morgan fingerprint density at radius 3 is 2.63 bits per heavy atom. The van der Waals surface area contributed by atoms with Crippen LogP contribution in [-0.2, 0) is 16.9 Å². The lowest BCUT2D eigenvalue weighted by Gasteiger charge is -2.30. The summed E-state index contributed by atoms with van der Waals surface area (Å²) < 4.78 is 11.5. The Labute approximate surface area is 207 Å². The average Bonchev–Trinajstić information content (AvgIpc) is 3.33. The van der Waals surface area contributed by atoms with Gasteiger partial charge >= 0.3 is 0 Å². The normalized spacial score (nSPS) is 23.2. The first-order valence-corrected chi connectivity index (χ1v) is 11.6. The summed E-state index contributed by atoms with van der Waals surface area (Å²) in [7, 11) is 3.28. The Hall–Kier alpha value is -3.62. The van der Waals surface area contributed by atoms with Crippen LogP contribution in [0.3, 0.4) is 0 Å². The summed E-state index contributed by atoms with van der Waals surface area (Å²) in [6.07, 6.45) is 0. The highest BCUT2D eigenvalue weighted by molar-refractivity contribution is 6.31. The van der Waals surface area contributed by atoms with Crippen molar-refractivity contribution in [2.75, 3.05) is 26.0 Å². The Bertz CT molecular complexity index is 1320. The third-order valence-electron chi connectivity index (χ3n) is 7.00. The van der Waals surface area contributed by atoms with E-state index in [1.807, 2.05) is 18.2 Å². The molecule has 0 bridgehead atoms. The molecule has 1 amide bonds. The van der Waals surface area contributed by atoms with E-state index in [1.54, 1.807) is 60.5 Å². The van der Waals surface area contributed by atoms with Crippen LogP contribution in [0, 0.1) is 10.1 Å². The van der Waals surface area contributed by atoms with Crippen molar-refractivity contribution in [3.63, 3.8) is 0 Å². The highest BCUT2D eigenvalue weighted by atomic mass is 35.5. The standard InChI is InChI=1S/C26H24ClN3O5/c1-29-14-18(24(30(32)33)26(29)19-8-4-6-10-21(19)28-25(26)31)16-11-12-22(23(13-16)34-2)35-15-17-7-3-5-9-20(17)27/h3-13,18,24H,14-15H2,1-2H3,(H,28,31)/t18-,24+,26+/m0/s1. The number of amides is 1. The fraction of sp³-hybridized carbons (Fsp3) is 0.269. The quantitative estimate of drug-likeness (QED) is 0.403. The van der Waals surface area contributed by atoms with E-state index in [4.69, 9.17) is 21.1 Å². The third-order valence-corrected chi connectivity index (χ3v) is 7.37. The zero-order valence-electron chi connectivity index (χ0n) is 19.2. The number of ether oxygens (including phenoxy) is 2. The second kappa shape index (κ2) is 8.87. The number of hydrogen-bond acceptors (Lipinski definition) is 6. The first-order valence-electron chi connectivity index (χ1n) is 11.2. The maximum atomic E-state index is 13.3. The third kappa shape index (κ3) is 3.61. The molecule has 1 saturated heterocycles. The Balaban J connectivity index is 1.50. The molecule has 1 fully saturated rings. The highest BCUT2D eigenvalue weighted by Crippen LogP contribution is 2.52. The number of fused-ring (bicyclic) bond motifs is 2. The summed E-state index contributed by atoms with van der Waals surface area (Å²) in [6, 6.07) is 18.7. The van der Waals surface area contributed by atoms with E-state index >= 15 is 0 Å². The molecule has 3 atom stereocenters. The van der Waals surface area contributed by atoms with Gasteiger partial charge in [0.2, 0.25) is 0 Å². The lowest BCUT2D eigenvalue weighted by molar-refractivity contribution is -0.534. The molecule has 1 spiro atoms. The van der Waals surface area contributed by atoms with Crippen molar-refractivity contribution in [2.45, 2.75) is 24.1 Å². The van der Waals surface area contributed by atoms with Gasteiger partial charge in [-0.2, -0.15) is 0 Å². The molecule has 3 aromatic carbocycles. The molecule has 0 radical (unpaired) electrons. The number of anilines is 1. The van der Waals surface area contributed by atoms with E-state index < -0.39 is 17.5 Å². The number of likely N-dealkylation sites (tertiary alicyclic amines) is 1. The fourth-order valence-electron chi connectivity index (χ4n) is 5.39. The van der Waals surface area contributed by atoms with Crippen molar-refractivity contribution in [3.05, 3.63) is 98.6 Å². The lowest BCUT2D eigenvalue weighted by Crippen LogP contribution is -2.54. The van der Waals surface area contributed by atoms with E-state index in [9.17, 15) is 14.9 Å². The molecular formula is C26H24ClN3O5. The first-order chi connectivity index (χ1) is 16.9. The summed E-state index contributed by atoms with van der Waals surface area (Å²) in [5.41, 5.74) is 1.38. The van der Waals surface area contributed by atoms with E-state index in [-0.39, 0.29) is 17.4 Å². The number of carbonyl (C=O) groups is 1. The summed E-state index contributed by atoms with van der Waals surface area (Å²) >= 11 is 6.23. The van der Waals surface area contributed by atoms with Gasteiger partial charge in [0.1, 0.15) is 6.61 Å². The van der Waals surface area contributed by atoms with Crippen LogP contribution in [-0.4, -0.2) is 42.5 Å². The molecule has 35 heavy (non-hydrogen) atoms. The van der Waals surface area contributed by atoms with E-state index in [2.05, 4.69) is 5.32 Å². The van der Waals surface area contributed by atoms with Gasteiger partial charge in [0.25, 0.3) is 11.9 Å². The molecular weight excluding hydrogens is 470 g/mol. The first kappa shape index (κ1) is 23.1. The molecule has 5 rings (SSSR count). The largest absolute Gasteiger partial charge is 0.493 e. The van der Waals surface area contributed by atoms with Crippen molar-refractivity contribution in [2.24, 2.45) is 0 Å². The number of likely N-dealkylation sites (N-methyl/N-ethyl adjacent to an activating group) is 1. The number of hydrogen-bond donors (Lipinski definition) is 1. The van der Waals surface area contributed by atoms with Crippen molar-refractivity contribution in [3.8, 4) is 11.5 Å². The van der Waals surface area contributed by atoms with Gasteiger partial charge in [-0.05, 0) is 36.9 Å². The van der Waals surface area contributed by atoms with E-state index in [0.717, 1.165) is 5.56 Å². The van der Waals surface area contributed by atoms with Gasteiger partial charge in [-0.15, -0.1) is 0 Å². The maximum Gasteiger partial charge on any atom is 0.256 e. The van der Waals surface area contributed by atoms with Crippen molar-refractivity contribution in [1.29, 1.82) is 0 Å². The zero-order chi connectivity index (χ0) is 24.7. The fourth-order valence-corrected chi connectivity index (χ4v) is 5.58. The van der Waals surface area contributed by atoms with Crippen molar-refractivity contribution >= 4 is 23.2 Å². The topological polar surface area (TPSA) is 93.9 Å².